The Morgan fingerprint density at radius 3 is 2.57 bits per heavy atom. The first-order chi connectivity index (χ1) is 6.77. The summed E-state index contributed by atoms with van der Waals surface area (Å²) in [6.07, 6.45) is 4.79. The van der Waals surface area contributed by atoms with Crippen LogP contribution < -0.4 is 0 Å². The number of aromatic nitrogens is 4. The maximum Gasteiger partial charge on any atom is 0.156 e. The van der Waals surface area contributed by atoms with E-state index in [1.807, 2.05) is 6.92 Å². The molecule has 2 heterocycles. The van der Waals surface area contributed by atoms with Crippen LogP contribution in [0.1, 0.15) is 5.82 Å². The highest BCUT2D eigenvalue weighted by molar-refractivity contribution is 6.31. The van der Waals surface area contributed by atoms with Gasteiger partial charge in [-0.15, -0.1) is 0 Å². The second kappa shape index (κ2) is 3.67. The molecule has 0 bridgehead atoms. The average Bonchev–Trinajstić information content (AvgIpc) is 2.18. The normalized spacial score (nSPS) is 10.1. The lowest BCUT2D eigenvalue weighted by Gasteiger charge is -2.00. The van der Waals surface area contributed by atoms with Gasteiger partial charge in [-0.3, -0.25) is 0 Å². The third-order valence-corrected chi connectivity index (χ3v) is 1.95. The van der Waals surface area contributed by atoms with Gasteiger partial charge in [0, 0.05) is 18.6 Å². The number of nitrogens with zero attached hydrogens (tertiary/aromatic N) is 4. The quantitative estimate of drug-likeness (QED) is 0.715. The maximum absolute atomic E-state index is 5.88. The zero-order valence-corrected chi connectivity index (χ0v) is 8.23. The van der Waals surface area contributed by atoms with Gasteiger partial charge in [-0.2, -0.15) is 0 Å². The van der Waals surface area contributed by atoms with Gasteiger partial charge in [-0.1, -0.05) is 11.6 Å². The van der Waals surface area contributed by atoms with Crippen molar-refractivity contribution in [2.24, 2.45) is 0 Å². The van der Waals surface area contributed by atoms with Crippen LogP contribution in [-0.2, 0) is 0 Å². The fourth-order valence-electron chi connectivity index (χ4n) is 1.08. The van der Waals surface area contributed by atoms with Crippen LogP contribution in [0.3, 0.4) is 0 Å². The molecule has 0 saturated carbocycles. The predicted molar refractivity (Wildman–Crippen MR) is 52.8 cm³/mol. The minimum Gasteiger partial charge on any atom is -0.250 e. The molecule has 0 saturated heterocycles. The molecule has 70 valence electrons. The van der Waals surface area contributed by atoms with E-state index in [2.05, 4.69) is 19.9 Å². The molecular formula is C9H7ClN4. The van der Waals surface area contributed by atoms with Gasteiger partial charge in [-0.05, 0) is 13.0 Å². The summed E-state index contributed by atoms with van der Waals surface area (Å²) in [5.41, 5.74) is 1.27. The topological polar surface area (TPSA) is 51.6 Å². The lowest BCUT2D eigenvalue weighted by atomic mass is 10.3. The lowest BCUT2D eigenvalue weighted by molar-refractivity contribution is 1.04. The van der Waals surface area contributed by atoms with Gasteiger partial charge in [0.05, 0.1) is 5.69 Å². The molecule has 5 heteroatoms. The smallest absolute Gasteiger partial charge is 0.156 e. The van der Waals surface area contributed by atoms with Gasteiger partial charge in [-0.25, -0.2) is 19.9 Å². The number of rotatable bonds is 1. The highest BCUT2D eigenvalue weighted by Gasteiger charge is 2.06. The molecule has 0 fully saturated rings. The van der Waals surface area contributed by atoms with Crippen LogP contribution in [0, 0.1) is 6.92 Å². The van der Waals surface area contributed by atoms with E-state index in [9.17, 15) is 0 Å². The van der Waals surface area contributed by atoms with Crippen LogP contribution in [0.5, 0.6) is 0 Å². The van der Waals surface area contributed by atoms with E-state index >= 15 is 0 Å². The second-order valence-electron chi connectivity index (χ2n) is 2.68. The summed E-state index contributed by atoms with van der Waals surface area (Å²) in [4.78, 5) is 16.2. The van der Waals surface area contributed by atoms with Crippen molar-refractivity contribution in [2.75, 3.05) is 0 Å². The molecule has 2 rings (SSSR count). The van der Waals surface area contributed by atoms with Crippen molar-refractivity contribution in [1.29, 1.82) is 0 Å². The van der Waals surface area contributed by atoms with Crippen LogP contribution in [0.25, 0.3) is 11.4 Å². The van der Waals surface area contributed by atoms with E-state index in [1.54, 1.807) is 24.7 Å². The second-order valence-corrected chi connectivity index (χ2v) is 3.04. The third-order valence-electron chi connectivity index (χ3n) is 1.67. The highest BCUT2D eigenvalue weighted by Crippen LogP contribution is 2.20. The van der Waals surface area contributed by atoms with E-state index in [1.165, 1.54) is 0 Å². The van der Waals surface area contributed by atoms with Gasteiger partial charge >= 0.3 is 0 Å². The summed E-state index contributed by atoms with van der Waals surface area (Å²) in [5.74, 6) is 0.684. The molecule has 0 atom stereocenters. The summed E-state index contributed by atoms with van der Waals surface area (Å²) in [6, 6.07) is 1.75. The Hall–Kier alpha value is -1.55. The van der Waals surface area contributed by atoms with Gasteiger partial charge in [0.15, 0.2) is 5.15 Å². The number of halogens is 1. The van der Waals surface area contributed by atoms with Crippen LogP contribution in [0.2, 0.25) is 5.15 Å². The fourth-order valence-corrected chi connectivity index (χ4v) is 1.28. The Bertz CT molecular complexity index is 458. The molecule has 0 aliphatic heterocycles. The predicted octanol–water partition coefficient (Wildman–Crippen LogP) is 1.90. The van der Waals surface area contributed by atoms with Crippen molar-refractivity contribution >= 4 is 11.6 Å². The Morgan fingerprint density at radius 1 is 1.07 bits per heavy atom. The molecule has 14 heavy (non-hydrogen) atoms. The Labute approximate surface area is 86.0 Å². The molecule has 0 unspecified atom stereocenters. The van der Waals surface area contributed by atoms with Gasteiger partial charge in [0.1, 0.15) is 11.5 Å². The molecule has 4 nitrogen and oxygen atoms in total. The summed E-state index contributed by atoms with van der Waals surface area (Å²) in [7, 11) is 0. The third kappa shape index (κ3) is 1.70. The fraction of sp³-hybridized carbons (Fsp3) is 0.111. The Balaban J connectivity index is 2.55. The van der Waals surface area contributed by atoms with Gasteiger partial charge in [0.2, 0.25) is 0 Å². The monoisotopic (exact) mass is 206 g/mol. The molecule has 0 amide bonds. The summed E-state index contributed by atoms with van der Waals surface area (Å²) >= 11 is 5.88. The first kappa shape index (κ1) is 9.02. The van der Waals surface area contributed by atoms with Crippen molar-refractivity contribution in [3.63, 3.8) is 0 Å². The van der Waals surface area contributed by atoms with Crippen LogP contribution in [-0.4, -0.2) is 19.9 Å². The van der Waals surface area contributed by atoms with Gasteiger partial charge < -0.3 is 0 Å². The first-order valence-electron chi connectivity index (χ1n) is 4.04. The zero-order valence-electron chi connectivity index (χ0n) is 7.48. The highest BCUT2D eigenvalue weighted by atomic mass is 35.5. The maximum atomic E-state index is 5.88. The molecule has 2 aromatic heterocycles. The van der Waals surface area contributed by atoms with Crippen LogP contribution in [0.4, 0.5) is 0 Å². The molecular weight excluding hydrogens is 200 g/mol. The Kier molecular flexibility index (Phi) is 2.37. The average molecular weight is 207 g/mol. The van der Waals surface area contributed by atoms with E-state index in [0.29, 0.717) is 22.4 Å². The molecule has 2 aromatic rings. The van der Waals surface area contributed by atoms with Crippen molar-refractivity contribution in [3.05, 3.63) is 35.6 Å². The molecule has 0 aliphatic rings. The first-order valence-corrected chi connectivity index (χ1v) is 4.41. The van der Waals surface area contributed by atoms with Crippen molar-refractivity contribution in [2.45, 2.75) is 6.92 Å². The largest absolute Gasteiger partial charge is 0.250 e. The number of aryl methyl sites for hydroxylation is 1. The Morgan fingerprint density at radius 2 is 1.86 bits per heavy atom. The number of hydrogen-bond donors (Lipinski definition) is 0. The minimum atomic E-state index is 0.352. The van der Waals surface area contributed by atoms with Crippen molar-refractivity contribution in [3.8, 4) is 11.4 Å². The standard InChI is InChI=1S/C9H7ClN4/c1-6-11-3-2-7(14-6)8-9(10)13-5-4-12-8/h2-5H,1H3. The van der Waals surface area contributed by atoms with E-state index in [4.69, 9.17) is 11.6 Å². The molecule has 0 N–H and O–H groups in total. The molecule has 0 radical (unpaired) electrons. The molecule has 0 aliphatic carbocycles. The van der Waals surface area contributed by atoms with E-state index < -0.39 is 0 Å². The molecule has 0 aromatic carbocycles. The van der Waals surface area contributed by atoms with Crippen LogP contribution >= 0.6 is 11.6 Å². The van der Waals surface area contributed by atoms with Crippen LogP contribution in [0.15, 0.2) is 24.7 Å². The van der Waals surface area contributed by atoms with E-state index in [0.717, 1.165) is 0 Å². The number of hydrogen-bond acceptors (Lipinski definition) is 4. The zero-order chi connectivity index (χ0) is 9.97. The summed E-state index contributed by atoms with van der Waals surface area (Å²) < 4.78 is 0. The summed E-state index contributed by atoms with van der Waals surface area (Å²) in [5, 5.41) is 0.352. The minimum absolute atomic E-state index is 0.352. The van der Waals surface area contributed by atoms with Crippen molar-refractivity contribution < 1.29 is 0 Å². The molecule has 0 spiro atoms. The van der Waals surface area contributed by atoms with Crippen molar-refractivity contribution in [1.82, 2.24) is 19.9 Å². The van der Waals surface area contributed by atoms with Gasteiger partial charge in [0.25, 0.3) is 0 Å². The SMILES string of the molecule is Cc1nccc(-c2nccnc2Cl)n1. The summed E-state index contributed by atoms with van der Waals surface area (Å²) in [6.45, 7) is 1.81. The lowest BCUT2D eigenvalue weighted by Crippen LogP contribution is -1.93. The van der Waals surface area contributed by atoms with E-state index in [-0.39, 0.29) is 0 Å².